The molecule has 0 fully saturated rings. The van der Waals surface area contributed by atoms with Crippen LogP contribution in [0.3, 0.4) is 0 Å². The smallest absolute Gasteiger partial charge is 0.0294 e. The van der Waals surface area contributed by atoms with Crippen molar-refractivity contribution in [2.24, 2.45) is 5.73 Å². The van der Waals surface area contributed by atoms with Gasteiger partial charge in [-0.2, -0.15) is 0 Å². The molecule has 0 radical (unpaired) electrons. The highest BCUT2D eigenvalue weighted by atomic mass is 127. The summed E-state index contributed by atoms with van der Waals surface area (Å²) in [6, 6.07) is 8.65. The largest absolute Gasteiger partial charge is 0.324 e. The summed E-state index contributed by atoms with van der Waals surface area (Å²) in [5, 5.41) is 0. The van der Waals surface area contributed by atoms with Crippen molar-refractivity contribution in [3.05, 3.63) is 33.4 Å². The lowest BCUT2D eigenvalue weighted by molar-refractivity contribution is 0.638. The van der Waals surface area contributed by atoms with Crippen LogP contribution in [0.25, 0.3) is 0 Å². The molecular formula is C10H14IN. The van der Waals surface area contributed by atoms with Gasteiger partial charge in [-0.25, -0.2) is 0 Å². The second-order valence-electron chi connectivity index (χ2n) is 2.95. The fourth-order valence-electron chi connectivity index (χ4n) is 1.19. The Balaban J connectivity index is 2.68. The zero-order chi connectivity index (χ0) is 8.97. The monoisotopic (exact) mass is 275 g/mol. The summed E-state index contributed by atoms with van der Waals surface area (Å²) in [5.41, 5.74) is 7.20. The second-order valence-corrected chi connectivity index (χ2v) is 4.19. The molecule has 0 heterocycles. The molecule has 0 aliphatic carbocycles. The molecule has 1 rings (SSSR count). The molecule has 1 aromatic carbocycles. The minimum atomic E-state index is 0.215. The third-order valence-electron chi connectivity index (χ3n) is 1.90. The van der Waals surface area contributed by atoms with Crippen LogP contribution in [0.15, 0.2) is 24.3 Å². The molecule has 1 nitrogen and oxygen atoms in total. The first-order chi connectivity index (χ1) is 5.74. The van der Waals surface area contributed by atoms with Crippen molar-refractivity contribution < 1.29 is 0 Å². The van der Waals surface area contributed by atoms with Crippen LogP contribution >= 0.6 is 22.6 Å². The number of benzene rings is 1. The quantitative estimate of drug-likeness (QED) is 0.843. The molecule has 66 valence electrons. The molecule has 1 aromatic rings. The maximum Gasteiger partial charge on any atom is 0.0294 e. The molecule has 0 saturated heterocycles. The normalized spacial score (nSPS) is 12.9. The van der Waals surface area contributed by atoms with E-state index in [0.717, 1.165) is 12.8 Å². The lowest BCUT2D eigenvalue weighted by Crippen LogP contribution is -2.09. The fourth-order valence-corrected chi connectivity index (χ4v) is 1.55. The van der Waals surface area contributed by atoms with Crippen LogP contribution in [0, 0.1) is 3.57 Å². The van der Waals surface area contributed by atoms with E-state index in [2.05, 4.69) is 53.8 Å². The highest BCUT2D eigenvalue weighted by molar-refractivity contribution is 14.1. The minimum Gasteiger partial charge on any atom is -0.324 e. The van der Waals surface area contributed by atoms with E-state index < -0.39 is 0 Å². The second kappa shape index (κ2) is 4.82. The van der Waals surface area contributed by atoms with Crippen LogP contribution in [0.4, 0.5) is 0 Å². The van der Waals surface area contributed by atoms with Crippen molar-refractivity contribution in [3.63, 3.8) is 0 Å². The molecular weight excluding hydrogens is 261 g/mol. The Kier molecular flexibility index (Phi) is 4.01. The number of halogens is 1. The lowest BCUT2D eigenvalue weighted by Gasteiger charge is -2.09. The number of rotatable bonds is 3. The van der Waals surface area contributed by atoms with Crippen LogP contribution in [0.2, 0.25) is 0 Å². The van der Waals surface area contributed by atoms with E-state index in [1.807, 2.05) is 0 Å². The first-order valence-electron chi connectivity index (χ1n) is 4.25. The van der Waals surface area contributed by atoms with Gasteiger partial charge < -0.3 is 5.73 Å². The highest BCUT2D eigenvalue weighted by Crippen LogP contribution is 2.16. The first-order valence-corrected chi connectivity index (χ1v) is 5.33. The fraction of sp³-hybridized carbons (Fsp3) is 0.400. The Morgan fingerprint density at radius 3 is 2.42 bits per heavy atom. The average Bonchev–Trinajstić information content (AvgIpc) is 2.06. The molecule has 0 bridgehead atoms. The molecule has 12 heavy (non-hydrogen) atoms. The van der Waals surface area contributed by atoms with E-state index in [0.29, 0.717) is 0 Å². The minimum absolute atomic E-state index is 0.215. The molecule has 0 aromatic heterocycles. The van der Waals surface area contributed by atoms with Crippen LogP contribution < -0.4 is 5.73 Å². The molecule has 2 N–H and O–H groups in total. The van der Waals surface area contributed by atoms with E-state index in [9.17, 15) is 0 Å². The zero-order valence-electron chi connectivity index (χ0n) is 7.26. The Hall–Kier alpha value is -0.0900. The summed E-state index contributed by atoms with van der Waals surface area (Å²) in [6.45, 7) is 2.16. The van der Waals surface area contributed by atoms with Gasteiger partial charge in [0.1, 0.15) is 0 Å². The SMILES string of the molecule is CCC[C@H](N)c1ccc(I)cc1. The Morgan fingerprint density at radius 1 is 1.33 bits per heavy atom. The maximum atomic E-state index is 5.95. The van der Waals surface area contributed by atoms with Gasteiger partial charge in [-0.05, 0) is 46.7 Å². The van der Waals surface area contributed by atoms with Gasteiger partial charge in [0.15, 0.2) is 0 Å². The van der Waals surface area contributed by atoms with E-state index in [4.69, 9.17) is 5.73 Å². The molecule has 0 saturated carbocycles. The van der Waals surface area contributed by atoms with Crippen molar-refractivity contribution in [1.29, 1.82) is 0 Å². The van der Waals surface area contributed by atoms with Crippen LogP contribution in [0.1, 0.15) is 31.4 Å². The zero-order valence-corrected chi connectivity index (χ0v) is 9.41. The van der Waals surface area contributed by atoms with Gasteiger partial charge in [0.05, 0.1) is 0 Å². The Labute approximate surface area is 87.5 Å². The molecule has 0 amide bonds. The van der Waals surface area contributed by atoms with Crippen molar-refractivity contribution in [2.75, 3.05) is 0 Å². The summed E-state index contributed by atoms with van der Waals surface area (Å²) >= 11 is 2.30. The molecule has 1 atom stereocenters. The van der Waals surface area contributed by atoms with Gasteiger partial charge >= 0.3 is 0 Å². The van der Waals surface area contributed by atoms with Crippen LogP contribution in [-0.4, -0.2) is 0 Å². The van der Waals surface area contributed by atoms with Gasteiger partial charge in [-0.1, -0.05) is 25.5 Å². The van der Waals surface area contributed by atoms with Crippen molar-refractivity contribution in [1.82, 2.24) is 0 Å². The van der Waals surface area contributed by atoms with Gasteiger partial charge in [0, 0.05) is 9.61 Å². The number of nitrogens with two attached hydrogens (primary N) is 1. The van der Waals surface area contributed by atoms with Gasteiger partial charge in [0.2, 0.25) is 0 Å². The summed E-state index contributed by atoms with van der Waals surface area (Å²) < 4.78 is 1.26. The number of hydrogen-bond donors (Lipinski definition) is 1. The first kappa shape index (κ1) is 9.99. The molecule has 0 spiro atoms. The summed E-state index contributed by atoms with van der Waals surface area (Å²) in [5.74, 6) is 0. The predicted molar refractivity (Wildman–Crippen MR) is 61.0 cm³/mol. The van der Waals surface area contributed by atoms with Crippen molar-refractivity contribution >= 4 is 22.6 Å². The molecule has 0 unspecified atom stereocenters. The molecule has 2 heteroatoms. The Bertz CT molecular complexity index is 230. The summed E-state index contributed by atoms with van der Waals surface area (Å²) in [4.78, 5) is 0. The van der Waals surface area contributed by atoms with Crippen LogP contribution in [0.5, 0.6) is 0 Å². The standard InChI is InChI=1S/C10H14IN/c1-2-3-10(12)8-4-6-9(11)7-5-8/h4-7,10H,2-3,12H2,1H3/t10-/m0/s1. The molecule has 0 aliphatic heterocycles. The van der Waals surface area contributed by atoms with Gasteiger partial charge in [-0.15, -0.1) is 0 Å². The maximum absolute atomic E-state index is 5.95. The summed E-state index contributed by atoms with van der Waals surface area (Å²) in [7, 11) is 0. The topological polar surface area (TPSA) is 26.0 Å². The summed E-state index contributed by atoms with van der Waals surface area (Å²) in [6.07, 6.45) is 2.22. The average molecular weight is 275 g/mol. The number of hydrogen-bond acceptors (Lipinski definition) is 1. The Morgan fingerprint density at radius 2 is 1.92 bits per heavy atom. The van der Waals surface area contributed by atoms with Crippen molar-refractivity contribution in [3.8, 4) is 0 Å². The van der Waals surface area contributed by atoms with E-state index in [1.54, 1.807) is 0 Å². The molecule has 0 aliphatic rings. The lowest BCUT2D eigenvalue weighted by atomic mass is 10.0. The van der Waals surface area contributed by atoms with Crippen molar-refractivity contribution in [2.45, 2.75) is 25.8 Å². The van der Waals surface area contributed by atoms with Crippen LogP contribution in [-0.2, 0) is 0 Å². The third-order valence-corrected chi connectivity index (χ3v) is 2.62. The van der Waals surface area contributed by atoms with E-state index in [-0.39, 0.29) is 6.04 Å². The van der Waals surface area contributed by atoms with E-state index >= 15 is 0 Å². The van der Waals surface area contributed by atoms with E-state index in [1.165, 1.54) is 9.13 Å². The van der Waals surface area contributed by atoms with Gasteiger partial charge in [-0.3, -0.25) is 0 Å². The predicted octanol–water partition coefficient (Wildman–Crippen LogP) is 3.09. The van der Waals surface area contributed by atoms with Gasteiger partial charge in [0.25, 0.3) is 0 Å². The third kappa shape index (κ3) is 2.75. The highest BCUT2D eigenvalue weighted by Gasteiger charge is 2.02.